The van der Waals surface area contributed by atoms with Gasteiger partial charge in [-0.15, -0.1) is 0 Å². The highest BCUT2D eigenvalue weighted by molar-refractivity contribution is 6.69. The van der Waals surface area contributed by atoms with Gasteiger partial charge in [0.05, 0.1) is 7.11 Å². The Morgan fingerprint density at radius 2 is 1.65 bits per heavy atom. The third-order valence-corrected chi connectivity index (χ3v) is 2.62. The number of hydrogen-bond donors (Lipinski definition) is 0. The Labute approximate surface area is 106 Å². The summed E-state index contributed by atoms with van der Waals surface area (Å²) in [5.41, 5.74) is 1.61. The summed E-state index contributed by atoms with van der Waals surface area (Å²) in [6.45, 7) is 0. The largest absolute Gasteiger partial charge is 0.494 e. The van der Waals surface area contributed by atoms with Crippen molar-refractivity contribution in [1.29, 1.82) is 0 Å². The number of halogens is 1. The molecule has 0 fully saturated rings. The molecule has 0 heterocycles. The lowest BCUT2D eigenvalue weighted by atomic mass is 10.2. The normalized spacial score (nSPS) is 11.3. The van der Waals surface area contributed by atoms with E-state index < -0.39 is 0 Å². The molecule has 0 aromatic heterocycles. The molecule has 2 aromatic carbocycles. The van der Waals surface area contributed by atoms with Crippen LogP contribution >= 0.6 is 11.6 Å². The van der Waals surface area contributed by atoms with Gasteiger partial charge in [0.25, 0.3) is 0 Å². The Bertz CT molecular complexity index is 523. The molecule has 3 heteroatoms. The third kappa shape index (κ3) is 2.86. The minimum absolute atomic E-state index is 0.454. The lowest BCUT2D eigenvalue weighted by molar-refractivity contribution is 0.416. The van der Waals surface area contributed by atoms with Crippen LogP contribution in [0.1, 0.15) is 5.56 Å². The molecule has 0 aliphatic heterocycles. The van der Waals surface area contributed by atoms with Crippen molar-refractivity contribution in [1.82, 2.24) is 0 Å². The molecule has 0 radical (unpaired) electrons. The van der Waals surface area contributed by atoms with Crippen LogP contribution in [-0.2, 0) is 0 Å². The van der Waals surface area contributed by atoms with Crippen molar-refractivity contribution < 1.29 is 4.74 Å². The van der Waals surface area contributed by atoms with Crippen LogP contribution in [0, 0.1) is 0 Å². The number of hydrogen-bond acceptors (Lipinski definition) is 2. The molecular formula is C14H12ClNO. The maximum atomic E-state index is 6.16. The van der Waals surface area contributed by atoms with Crippen LogP contribution < -0.4 is 4.74 Å². The first-order valence-electron chi connectivity index (χ1n) is 5.24. The highest BCUT2D eigenvalue weighted by atomic mass is 35.5. The second-order valence-corrected chi connectivity index (χ2v) is 3.80. The Hall–Kier alpha value is -1.80. The molecule has 0 aliphatic carbocycles. The maximum absolute atomic E-state index is 6.16. The Balaban J connectivity index is 2.36. The summed E-state index contributed by atoms with van der Waals surface area (Å²) in [5, 5.41) is 0.454. The van der Waals surface area contributed by atoms with E-state index in [1.165, 1.54) is 0 Å². The minimum atomic E-state index is 0.454. The predicted molar refractivity (Wildman–Crippen MR) is 71.5 cm³/mol. The number of aliphatic imine (C=N–C) groups is 1. The predicted octanol–water partition coefficient (Wildman–Crippen LogP) is 4.01. The van der Waals surface area contributed by atoms with Crippen LogP contribution in [0.25, 0.3) is 0 Å². The van der Waals surface area contributed by atoms with Gasteiger partial charge in [-0.1, -0.05) is 54.1 Å². The van der Waals surface area contributed by atoms with Gasteiger partial charge in [-0.3, -0.25) is 0 Å². The minimum Gasteiger partial charge on any atom is -0.494 e. The number of para-hydroxylation sites is 2. The molecular weight excluding hydrogens is 234 g/mol. The Kier molecular flexibility index (Phi) is 3.78. The zero-order chi connectivity index (χ0) is 12.1. The number of methoxy groups -OCH3 is 1. The molecule has 0 unspecified atom stereocenters. The summed E-state index contributed by atoms with van der Waals surface area (Å²) >= 11 is 6.16. The van der Waals surface area contributed by atoms with Gasteiger partial charge < -0.3 is 4.74 Å². The van der Waals surface area contributed by atoms with Gasteiger partial charge in [0, 0.05) is 5.56 Å². The van der Waals surface area contributed by atoms with Crippen LogP contribution in [-0.4, -0.2) is 12.3 Å². The highest BCUT2D eigenvalue weighted by Crippen LogP contribution is 2.27. The van der Waals surface area contributed by atoms with Crippen LogP contribution in [0.5, 0.6) is 5.75 Å². The third-order valence-electron chi connectivity index (χ3n) is 2.32. The van der Waals surface area contributed by atoms with Crippen molar-refractivity contribution in [3.05, 3.63) is 60.2 Å². The van der Waals surface area contributed by atoms with Gasteiger partial charge in [-0.25, -0.2) is 4.99 Å². The van der Waals surface area contributed by atoms with Crippen LogP contribution in [0.15, 0.2) is 59.6 Å². The molecule has 86 valence electrons. The first-order chi connectivity index (χ1) is 8.31. The standard InChI is InChI=1S/C14H12ClNO/c1-17-13-10-6-5-9-12(13)16-14(15)11-7-3-2-4-8-11/h2-10H,1H3. The fourth-order valence-electron chi connectivity index (χ4n) is 1.47. The summed E-state index contributed by atoms with van der Waals surface area (Å²) in [5.74, 6) is 0.710. The SMILES string of the molecule is COc1ccccc1N=C(Cl)c1ccccc1. The monoisotopic (exact) mass is 245 g/mol. The van der Waals surface area contributed by atoms with Crippen molar-refractivity contribution in [3.8, 4) is 5.75 Å². The van der Waals surface area contributed by atoms with Crippen LogP contribution in [0.2, 0.25) is 0 Å². The first kappa shape index (κ1) is 11.7. The summed E-state index contributed by atoms with van der Waals surface area (Å²) in [6.07, 6.45) is 0. The molecule has 0 aliphatic rings. The van der Waals surface area contributed by atoms with Gasteiger partial charge in [-0.05, 0) is 12.1 Å². The molecule has 0 spiro atoms. The molecule has 2 aromatic rings. The molecule has 0 saturated heterocycles. The lowest BCUT2D eigenvalue weighted by Crippen LogP contribution is -1.90. The van der Waals surface area contributed by atoms with Gasteiger partial charge in [-0.2, -0.15) is 0 Å². The van der Waals surface area contributed by atoms with E-state index in [4.69, 9.17) is 16.3 Å². The van der Waals surface area contributed by atoms with Crippen LogP contribution in [0.4, 0.5) is 5.69 Å². The van der Waals surface area contributed by atoms with Crippen LogP contribution in [0.3, 0.4) is 0 Å². The second-order valence-electron chi connectivity index (χ2n) is 3.44. The van der Waals surface area contributed by atoms with E-state index in [9.17, 15) is 0 Å². The molecule has 0 N–H and O–H groups in total. The zero-order valence-electron chi connectivity index (χ0n) is 9.43. The summed E-state index contributed by atoms with van der Waals surface area (Å²) in [6, 6.07) is 17.1. The van der Waals surface area contributed by atoms with Crippen molar-refractivity contribution in [2.75, 3.05) is 7.11 Å². The van der Waals surface area contributed by atoms with Crippen molar-refractivity contribution in [2.24, 2.45) is 4.99 Å². The average Bonchev–Trinajstić information content (AvgIpc) is 2.40. The average molecular weight is 246 g/mol. The summed E-state index contributed by atoms with van der Waals surface area (Å²) < 4.78 is 5.22. The Morgan fingerprint density at radius 1 is 1.00 bits per heavy atom. The molecule has 2 nitrogen and oxygen atoms in total. The molecule has 0 bridgehead atoms. The quantitative estimate of drug-likeness (QED) is 0.749. The number of rotatable bonds is 3. The van der Waals surface area contributed by atoms with Crippen molar-refractivity contribution >= 4 is 22.5 Å². The van der Waals surface area contributed by atoms with E-state index in [1.807, 2.05) is 54.6 Å². The number of benzene rings is 2. The van der Waals surface area contributed by atoms with Gasteiger partial charge >= 0.3 is 0 Å². The van der Waals surface area contributed by atoms with E-state index in [-0.39, 0.29) is 0 Å². The zero-order valence-corrected chi connectivity index (χ0v) is 10.2. The fraction of sp³-hybridized carbons (Fsp3) is 0.0714. The smallest absolute Gasteiger partial charge is 0.144 e. The van der Waals surface area contributed by atoms with E-state index in [2.05, 4.69) is 4.99 Å². The van der Waals surface area contributed by atoms with E-state index in [0.717, 1.165) is 11.3 Å². The molecule has 0 atom stereocenters. The summed E-state index contributed by atoms with van der Waals surface area (Å²) in [4.78, 5) is 4.36. The maximum Gasteiger partial charge on any atom is 0.144 e. The topological polar surface area (TPSA) is 21.6 Å². The molecule has 0 saturated carbocycles. The van der Waals surface area contributed by atoms with E-state index >= 15 is 0 Å². The van der Waals surface area contributed by atoms with E-state index in [1.54, 1.807) is 7.11 Å². The Morgan fingerprint density at radius 3 is 2.35 bits per heavy atom. The van der Waals surface area contributed by atoms with E-state index in [0.29, 0.717) is 10.9 Å². The molecule has 17 heavy (non-hydrogen) atoms. The highest BCUT2D eigenvalue weighted by Gasteiger charge is 2.03. The van der Waals surface area contributed by atoms with Crippen molar-refractivity contribution in [2.45, 2.75) is 0 Å². The van der Waals surface area contributed by atoms with Crippen molar-refractivity contribution in [3.63, 3.8) is 0 Å². The van der Waals surface area contributed by atoms with Gasteiger partial charge in [0.1, 0.15) is 16.6 Å². The molecule has 0 amide bonds. The second kappa shape index (κ2) is 5.51. The number of nitrogens with zero attached hydrogens (tertiary/aromatic N) is 1. The fourth-order valence-corrected chi connectivity index (χ4v) is 1.69. The lowest BCUT2D eigenvalue weighted by Gasteiger charge is -2.04. The summed E-state index contributed by atoms with van der Waals surface area (Å²) in [7, 11) is 1.62. The van der Waals surface area contributed by atoms with Gasteiger partial charge in [0.2, 0.25) is 0 Å². The number of ether oxygens (including phenoxy) is 1. The molecule has 2 rings (SSSR count). The van der Waals surface area contributed by atoms with Gasteiger partial charge in [0.15, 0.2) is 0 Å². The first-order valence-corrected chi connectivity index (χ1v) is 5.61.